The number of rotatable bonds is 19. The maximum atomic E-state index is 13.3. The van der Waals surface area contributed by atoms with Crippen LogP contribution in [-0.4, -0.2) is 94.0 Å². The monoisotopic (exact) mass is 781 g/mol. The van der Waals surface area contributed by atoms with Gasteiger partial charge in [0.15, 0.2) is 0 Å². The van der Waals surface area contributed by atoms with Gasteiger partial charge in [0.05, 0.1) is 43.7 Å². The van der Waals surface area contributed by atoms with E-state index in [2.05, 4.69) is 15.7 Å². The fourth-order valence-corrected chi connectivity index (χ4v) is 7.82. The molecule has 1 fully saturated rings. The van der Waals surface area contributed by atoms with Gasteiger partial charge in [-0.3, -0.25) is 48.6 Å². The number of aromatic nitrogens is 3. The number of carbonyl (C=O) groups excluding carboxylic acids is 5. The number of unbranched alkanes of at least 4 members (excludes halogenated alkanes) is 6. The van der Waals surface area contributed by atoms with Crippen LogP contribution in [0.3, 0.4) is 0 Å². The number of ketones is 1. The number of hydrogen-bond acceptors (Lipinski definition) is 11. The standard InChI is InChI=1S/C42H51N7O8/c1-46(24-31-34(56-4)20-26(21-35(31)57-5)30-25-47(2)42(55)38-29(30)22-44-48(38)3)23-27(50)14-11-9-7-6-8-10-12-19-43-32-16-13-15-28-37(32)41(54)49(40(28)53)33-17-18-36(51)45-39(33)52/h13,15-16,20-22,25,33,43H,6-12,14,17-19,23-24H2,1-5H3,(H,45,51,52). The van der Waals surface area contributed by atoms with Crippen LogP contribution in [0.2, 0.25) is 0 Å². The van der Waals surface area contributed by atoms with Crippen LogP contribution in [0.4, 0.5) is 5.69 Å². The summed E-state index contributed by atoms with van der Waals surface area (Å²) in [5.41, 5.74) is 3.96. The van der Waals surface area contributed by atoms with E-state index in [1.165, 1.54) is 0 Å². The van der Waals surface area contributed by atoms with Gasteiger partial charge in [-0.2, -0.15) is 5.10 Å². The zero-order chi connectivity index (χ0) is 40.8. The van der Waals surface area contributed by atoms with Gasteiger partial charge in [0.25, 0.3) is 17.4 Å². The highest BCUT2D eigenvalue weighted by Gasteiger charge is 2.45. The van der Waals surface area contributed by atoms with Crippen molar-refractivity contribution in [2.75, 3.05) is 39.7 Å². The number of likely N-dealkylation sites (N-methyl/N-ethyl adjacent to an activating group) is 1. The smallest absolute Gasteiger partial charge is 0.276 e. The molecular weight excluding hydrogens is 731 g/mol. The first-order valence-electron chi connectivity index (χ1n) is 19.5. The predicted octanol–water partition coefficient (Wildman–Crippen LogP) is 4.59. The van der Waals surface area contributed by atoms with Gasteiger partial charge in [0, 0.05) is 62.9 Å². The Kier molecular flexibility index (Phi) is 12.9. The molecule has 0 saturated carbocycles. The zero-order valence-corrected chi connectivity index (χ0v) is 33.3. The van der Waals surface area contributed by atoms with Gasteiger partial charge in [0.1, 0.15) is 28.8 Å². The number of carbonyl (C=O) groups is 5. The lowest BCUT2D eigenvalue weighted by atomic mass is 10.00. The lowest BCUT2D eigenvalue weighted by Crippen LogP contribution is -2.54. The van der Waals surface area contributed by atoms with E-state index in [9.17, 15) is 28.8 Å². The van der Waals surface area contributed by atoms with E-state index in [4.69, 9.17) is 9.47 Å². The molecule has 1 unspecified atom stereocenters. The Balaban J connectivity index is 0.901. The molecule has 2 N–H and O–H groups in total. The summed E-state index contributed by atoms with van der Waals surface area (Å²) in [6, 6.07) is 7.93. The molecule has 15 nitrogen and oxygen atoms in total. The number of hydrogen-bond donors (Lipinski definition) is 2. The van der Waals surface area contributed by atoms with Crippen LogP contribution in [0, 0.1) is 0 Å². The maximum Gasteiger partial charge on any atom is 0.276 e. The summed E-state index contributed by atoms with van der Waals surface area (Å²) in [5.74, 6) is -0.640. The van der Waals surface area contributed by atoms with E-state index >= 15 is 0 Å². The number of imide groups is 2. The summed E-state index contributed by atoms with van der Waals surface area (Å²) in [4.78, 5) is 79.0. The molecule has 1 atom stereocenters. The minimum Gasteiger partial charge on any atom is -0.496 e. The van der Waals surface area contributed by atoms with Crippen LogP contribution < -0.4 is 25.7 Å². The number of benzene rings is 2. The normalized spacial score (nSPS) is 15.4. The van der Waals surface area contributed by atoms with Crippen molar-refractivity contribution in [1.82, 2.24) is 29.5 Å². The lowest BCUT2D eigenvalue weighted by Gasteiger charge is -2.27. The van der Waals surface area contributed by atoms with Crippen molar-refractivity contribution < 1.29 is 33.4 Å². The molecule has 57 heavy (non-hydrogen) atoms. The Morgan fingerprint density at radius 2 is 1.61 bits per heavy atom. The molecule has 0 radical (unpaired) electrons. The fraction of sp³-hybridized carbons (Fsp3) is 0.452. The summed E-state index contributed by atoms with van der Waals surface area (Å²) in [6.07, 6.45) is 11.0. The van der Waals surface area contributed by atoms with E-state index in [-0.39, 0.29) is 35.3 Å². The molecular formula is C42H51N7O8. The van der Waals surface area contributed by atoms with E-state index in [1.54, 1.807) is 68.2 Å². The van der Waals surface area contributed by atoms with Crippen molar-refractivity contribution in [2.45, 2.75) is 76.8 Å². The van der Waals surface area contributed by atoms with E-state index in [1.807, 2.05) is 24.1 Å². The third-order valence-electron chi connectivity index (χ3n) is 10.8. The number of ether oxygens (including phenoxy) is 2. The summed E-state index contributed by atoms with van der Waals surface area (Å²) < 4.78 is 14.7. The highest BCUT2D eigenvalue weighted by atomic mass is 16.5. The molecule has 302 valence electrons. The first kappa shape index (κ1) is 40.8. The average molecular weight is 782 g/mol. The molecule has 0 aliphatic carbocycles. The number of Topliss-reactive ketones (excluding diaryl/α,β-unsaturated/α-hetero) is 1. The van der Waals surface area contributed by atoms with Crippen LogP contribution in [0.5, 0.6) is 11.5 Å². The third kappa shape index (κ3) is 8.78. The molecule has 2 aliphatic rings. The largest absolute Gasteiger partial charge is 0.496 e. The number of pyridine rings is 1. The molecule has 4 aromatic rings. The molecule has 0 bridgehead atoms. The molecule has 4 heterocycles. The van der Waals surface area contributed by atoms with Gasteiger partial charge >= 0.3 is 0 Å². The fourth-order valence-electron chi connectivity index (χ4n) is 7.82. The lowest BCUT2D eigenvalue weighted by molar-refractivity contribution is -0.136. The van der Waals surface area contributed by atoms with Crippen LogP contribution in [0.1, 0.15) is 90.5 Å². The Labute approximate surface area is 331 Å². The summed E-state index contributed by atoms with van der Waals surface area (Å²) in [6.45, 7) is 1.38. The van der Waals surface area contributed by atoms with E-state index in [0.29, 0.717) is 48.8 Å². The number of nitrogens with zero attached hydrogens (tertiary/aromatic N) is 5. The number of methoxy groups -OCH3 is 2. The van der Waals surface area contributed by atoms with Crippen molar-refractivity contribution >= 4 is 46.0 Å². The molecule has 15 heteroatoms. The van der Waals surface area contributed by atoms with Gasteiger partial charge in [0.2, 0.25) is 11.8 Å². The van der Waals surface area contributed by atoms with Gasteiger partial charge in [-0.05, 0) is 56.1 Å². The Morgan fingerprint density at radius 3 is 2.30 bits per heavy atom. The molecule has 2 aromatic carbocycles. The number of amides is 4. The van der Waals surface area contributed by atoms with Crippen molar-refractivity contribution in [3.8, 4) is 22.6 Å². The van der Waals surface area contributed by atoms with Gasteiger partial charge in [-0.15, -0.1) is 0 Å². The number of nitrogens with one attached hydrogen (secondary N) is 2. The van der Waals surface area contributed by atoms with Crippen molar-refractivity contribution in [3.05, 3.63) is 69.8 Å². The van der Waals surface area contributed by atoms with E-state index < -0.39 is 29.7 Å². The minimum atomic E-state index is -0.992. The second-order valence-corrected chi connectivity index (χ2v) is 14.9. The van der Waals surface area contributed by atoms with Crippen molar-refractivity contribution in [3.63, 3.8) is 0 Å². The topological polar surface area (TPSA) is 174 Å². The molecule has 0 spiro atoms. The Bertz CT molecular complexity index is 2240. The predicted molar refractivity (Wildman–Crippen MR) is 214 cm³/mol. The molecule has 6 rings (SSSR count). The quantitative estimate of drug-likeness (QED) is 0.101. The highest BCUT2D eigenvalue weighted by molar-refractivity contribution is 6.25. The van der Waals surface area contributed by atoms with E-state index in [0.717, 1.165) is 71.9 Å². The Hall–Kier alpha value is -5.83. The third-order valence-corrected chi connectivity index (χ3v) is 10.8. The van der Waals surface area contributed by atoms with Gasteiger partial charge < -0.3 is 19.4 Å². The first-order chi connectivity index (χ1) is 27.4. The van der Waals surface area contributed by atoms with Gasteiger partial charge in [-0.25, -0.2) is 0 Å². The van der Waals surface area contributed by atoms with Crippen molar-refractivity contribution in [1.29, 1.82) is 0 Å². The summed E-state index contributed by atoms with van der Waals surface area (Å²) in [5, 5.41) is 10.6. The van der Waals surface area contributed by atoms with Crippen LogP contribution >= 0.6 is 0 Å². The van der Waals surface area contributed by atoms with Gasteiger partial charge in [-0.1, -0.05) is 38.2 Å². The molecule has 4 amide bonds. The zero-order valence-electron chi connectivity index (χ0n) is 33.3. The minimum absolute atomic E-state index is 0.0778. The van der Waals surface area contributed by atoms with Crippen molar-refractivity contribution in [2.24, 2.45) is 14.1 Å². The number of anilines is 1. The van der Waals surface area contributed by atoms with Crippen LogP contribution in [0.25, 0.3) is 22.0 Å². The maximum absolute atomic E-state index is 13.3. The number of fused-ring (bicyclic) bond motifs is 2. The molecule has 2 aliphatic heterocycles. The highest BCUT2D eigenvalue weighted by Crippen LogP contribution is 2.38. The summed E-state index contributed by atoms with van der Waals surface area (Å²) in [7, 11) is 8.58. The Morgan fingerprint density at radius 1 is 0.930 bits per heavy atom. The molecule has 2 aromatic heterocycles. The SMILES string of the molecule is COc1cc(-c2cn(C)c(=O)c3c2cnn3C)cc(OC)c1CN(C)CC(=O)CCCCCCCCCNc1cccc2c1C(=O)N(C1CCC(=O)NC1=O)C2=O. The molecule has 1 saturated heterocycles. The number of aryl methyl sites for hydroxylation is 2. The second-order valence-electron chi connectivity index (χ2n) is 14.9. The van der Waals surface area contributed by atoms with Crippen LogP contribution in [-0.2, 0) is 35.0 Å². The number of piperidine rings is 1. The first-order valence-corrected chi connectivity index (χ1v) is 19.5. The summed E-state index contributed by atoms with van der Waals surface area (Å²) >= 11 is 0. The van der Waals surface area contributed by atoms with Crippen LogP contribution in [0.15, 0.2) is 47.5 Å². The second kappa shape index (κ2) is 18.0. The average Bonchev–Trinajstić information content (AvgIpc) is 3.70.